The normalized spacial score (nSPS) is 12.5. The molecule has 0 aliphatic heterocycles. The molecule has 6 heteroatoms. The van der Waals surface area contributed by atoms with Crippen LogP contribution in [0.25, 0.3) is 0 Å². The van der Waals surface area contributed by atoms with Crippen molar-refractivity contribution in [3.05, 3.63) is 23.0 Å². The van der Waals surface area contributed by atoms with Gasteiger partial charge in [-0.25, -0.2) is 4.79 Å². The van der Waals surface area contributed by atoms with E-state index in [4.69, 9.17) is 16.7 Å². The quantitative estimate of drug-likeness (QED) is 0.860. The Bertz CT molecular complexity index is 440. The second-order valence-corrected chi connectivity index (χ2v) is 4.62. The lowest BCUT2D eigenvalue weighted by Crippen LogP contribution is -2.44. The molecule has 0 bridgehead atoms. The molecule has 0 unspecified atom stereocenters. The summed E-state index contributed by atoms with van der Waals surface area (Å²) in [5.74, 6) is -1.68. The maximum Gasteiger partial charge on any atom is 0.326 e. The van der Waals surface area contributed by atoms with Crippen molar-refractivity contribution in [3.8, 4) is 0 Å². The van der Waals surface area contributed by atoms with E-state index in [2.05, 4.69) is 5.32 Å². The second kappa shape index (κ2) is 5.23. The largest absolute Gasteiger partial charge is 0.480 e. The summed E-state index contributed by atoms with van der Waals surface area (Å²) in [5, 5.41) is 11.9. The molecule has 5 nitrogen and oxygen atoms in total. The van der Waals surface area contributed by atoms with Crippen molar-refractivity contribution in [1.29, 1.82) is 0 Å². The molecule has 1 heterocycles. The number of nitrogens with zero attached hydrogens (tertiary/aromatic N) is 1. The number of carbonyl (C=O) groups excluding carboxylic acids is 1. The van der Waals surface area contributed by atoms with Crippen molar-refractivity contribution < 1.29 is 14.7 Å². The number of halogens is 1. The van der Waals surface area contributed by atoms with E-state index >= 15 is 0 Å². The Morgan fingerprint density at radius 2 is 2.06 bits per heavy atom. The number of rotatable bonds is 4. The Hall–Kier alpha value is -1.49. The van der Waals surface area contributed by atoms with Gasteiger partial charge in [0.15, 0.2) is 0 Å². The van der Waals surface area contributed by atoms with E-state index in [0.29, 0.717) is 10.7 Å². The Balaban J connectivity index is 2.85. The zero-order chi connectivity index (χ0) is 13.2. The fraction of sp³-hybridized carbons (Fsp3) is 0.455. The van der Waals surface area contributed by atoms with Crippen LogP contribution in [0.5, 0.6) is 0 Å². The second-order valence-electron chi connectivity index (χ2n) is 4.19. The highest BCUT2D eigenvalue weighted by atomic mass is 35.5. The SMILES string of the molecule is CC(C)[C@@H](NC(=O)c1cc(Cl)cn1C)C(=O)O. The van der Waals surface area contributed by atoms with Gasteiger partial charge in [0.1, 0.15) is 11.7 Å². The van der Waals surface area contributed by atoms with Crippen LogP contribution in [-0.4, -0.2) is 27.6 Å². The van der Waals surface area contributed by atoms with E-state index in [1.54, 1.807) is 31.7 Å². The van der Waals surface area contributed by atoms with Crippen molar-refractivity contribution in [2.75, 3.05) is 0 Å². The summed E-state index contributed by atoms with van der Waals surface area (Å²) in [5.41, 5.74) is 0.335. The molecule has 1 amide bonds. The van der Waals surface area contributed by atoms with Crippen LogP contribution >= 0.6 is 11.6 Å². The Morgan fingerprint density at radius 1 is 1.47 bits per heavy atom. The summed E-state index contributed by atoms with van der Waals surface area (Å²) in [7, 11) is 1.67. The zero-order valence-electron chi connectivity index (χ0n) is 9.90. The third kappa shape index (κ3) is 3.23. The van der Waals surface area contributed by atoms with Gasteiger partial charge in [-0.2, -0.15) is 0 Å². The monoisotopic (exact) mass is 258 g/mol. The lowest BCUT2D eigenvalue weighted by atomic mass is 10.0. The third-order valence-electron chi connectivity index (χ3n) is 2.42. The summed E-state index contributed by atoms with van der Waals surface area (Å²) in [6.45, 7) is 3.47. The van der Waals surface area contributed by atoms with Crippen LogP contribution in [0.2, 0.25) is 5.02 Å². The smallest absolute Gasteiger partial charge is 0.326 e. The first-order valence-corrected chi connectivity index (χ1v) is 5.56. The van der Waals surface area contributed by atoms with Gasteiger partial charge in [0.25, 0.3) is 5.91 Å². The number of aliphatic carboxylic acids is 1. The molecule has 0 aliphatic carbocycles. The van der Waals surface area contributed by atoms with Crippen LogP contribution in [0.4, 0.5) is 0 Å². The standard InChI is InChI=1S/C11H15ClN2O3/c1-6(2)9(11(16)17)13-10(15)8-4-7(12)5-14(8)3/h4-6,9H,1-3H3,(H,13,15)(H,16,17)/t9-/m1/s1. The maximum absolute atomic E-state index is 11.8. The highest BCUT2D eigenvalue weighted by Gasteiger charge is 2.24. The van der Waals surface area contributed by atoms with Gasteiger partial charge in [-0.1, -0.05) is 25.4 Å². The van der Waals surface area contributed by atoms with Crippen LogP contribution < -0.4 is 5.32 Å². The van der Waals surface area contributed by atoms with Crippen molar-refractivity contribution in [3.63, 3.8) is 0 Å². The van der Waals surface area contributed by atoms with E-state index in [9.17, 15) is 9.59 Å². The van der Waals surface area contributed by atoms with E-state index < -0.39 is 17.9 Å². The van der Waals surface area contributed by atoms with Crippen molar-refractivity contribution in [1.82, 2.24) is 9.88 Å². The molecule has 0 aliphatic rings. The summed E-state index contributed by atoms with van der Waals surface area (Å²) in [6, 6.07) is 0.590. The minimum atomic E-state index is -1.05. The number of carboxylic acid groups (broad SMARTS) is 1. The number of aromatic nitrogens is 1. The molecular formula is C11H15ClN2O3. The number of amides is 1. The minimum Gasteiger partial charge on any atom is -0.480 e. The highest BCUT2D eigenvalue weighted by Crippen LogP contribution is 2.13. The maximum atomic E-state index is 11.8. The average Bonchev–Trinajstić information content (AvgIpc) is 2.53. The van der Waals surface area contributed by atoms with Crippen molar-refractivity contribution in [2.45, 2.75) is 19.9 Å². The van der Waals surface area contributed by atoms with E-state index in [1.165, 1.54) is 6.07 Å². The van der Waals surface area contributed by atoms with Gasteiger partial charge < -0.3 is 15.0 Å². The molecule has 17 heavy (non-hydrogen) atoms. The van der Waals surface area contributed by atoms with Crippen molar-refractivity contribution >= 4 is 23.5 Å². The van der Waals surface area contributed by atoms with Crippen LogP contribution in [0.3, 0.4) is 0 Å². The van der Waals surface area contributed by atoms with Gasteiger partial charge in [0, 0.05) is 13.2 Å². The lowest BCUT2D eigenvalue weighted by molar-refractivity contribution is -0.140. The average molecular weight is 259 g/mol. The summed E-state index contributed by atoms with van der Waals surface area (Å²) in [6.07, 6.45) is 1.58. The van der Waals surface area contributed by atoms with Gasteiger partial charge in [0.2, 0.25) is 0 Å². The number of aryl methyl sites for hydroxylation is 1. The first-order chi connectivity index (χ1) is 7.82. The van der Waals surface area contributed by atoms with Gasteiger partial charge in [-0.05, 0) is 12.0 Å². The van der Waals surface area contributed by atoms with Crippen LogP contribution in [0, 0.1) is 5.92 Å². The fourth-order valence-corrected chi connectivity index (χ4v) is 1.73. The molecule has 2 N–H and O–H groups in total. The summed E-state index contributed by atoms with van der Waals surface area (Å²) >= 11 is 5.75. The fourth-order valence-electron chi connectivity index (χ4n) is 1.48. The molecule has 94 valence electrons. The Labute approximate surface area is 104 Å². The van der Waals surface area contributed by atoms with E-state index in [1.807, 2.05) is 0 Å². The number of nitrogens with one attached hydrogen (secondary N) is 1. The predicted octanol–water partition coefficient (Wildman–Crippen LogP) is 1.52. The number of carboxylic acids is 1. The number of hydrogen-bond acceptors (Lipinski definition) is 2. The van der Waals surface area contributed by atoms with Gasteiger partial charge in [-0.15, -0.1) is 0 Å². The molecule has 0 saturated heterocycles. The van der Waals surface area contributed by atoms with Crippen LogP contribution in [-0.2, 0) is 11.8 Å². The molecule has 0 radical (unpaired) electrons. The topological polar surface area (TPSA) is 71.3 Å². The van der Waals surface area contributed by atoms with E-state index in [-0.39, 0.29) is 5.92 Å². The predicted molar refractivity (Wildman–Crippen MR) is 64.2 cm³/mol. The molecular weight excluding hydrogens is 244 g/mol. The Morgan fingerprint density at radius 3 is 2.41 bits per heavy atom. The van der Waals surface area contributed by atoms with Crippen LogP contribution in [0.15, 0.2) is 12.3 Å². The van der Waals surface area contributed by atoms with E-state index in [0.717, 1.165) is 0 Å². The molecule has 1 aromatic rings. The molecule has 0 spiro atoms. The Kier molecular flexibility index (Phi) is 4.17. The first-order valence-electron chi connectivity index (χ1n) is 5.18. The first kappa shape index (κ1) is 13.6. The molecule has 0 fully saturated rings. The zero-order valence-corrected chi connectivity index (χ0v) is 10.7. The lowest BCUT2D eigenvalue weighted by Gasteiger charge is -2.17. The molecule has 1 aromatic heterocycles. The number of hydrogen-bond donors (Lipinski definition) is 2. The van der Waals surface area contributed by atoms with Gasteiger partial charge in [0.05, 0.1) is 5.02 Å². The number of carbonyl (C=O) groups is 2. The minimum absolute atomic E-state index is 0.188. The summed E-state index contributed by atoms with van der Waals surface area (Å²) < 4.78 is 1.55. The molecule has 0 saturated carbocycles. The third-order valence-corrected chi connectivity index (χ3v) is 2.63. The summed E-state index contributed by atoms with van der Waals surface area (Å²) in [4.78, 5) is 22.8. The highest BCUT2D eigenvalue weighted by molar-refractivity contribution is 6.31. The van der Waals surface area contributed by atoms with Crippen molar-refractivity contribution in [2.24, 2.45) is 13.0 Å². The van der Waals surface area contributed by atoms with Gasteiger partial charge in [-0.3, -0.25) is 4.79 Å². The van der Waals surface area contributed by atoms with Gasteiger partial charge >= 0.3 is 5.97 Å². The molecule has 1 rings (SSSR count). The van der Waals surface area contributed by atoms with Crippen LogP contribution in [0.1, 0.15) is 24.3 Å². The molecule has 1 atom stereocenters. The molecule has 0 aromatic carbocycles.